The largest absolute Gasteiger partial charge is 0.255 e. The smallest absolute Gasteiger partial charge is 0.203 e. The van der Waals surface area contributed by atoms with E-state index in [9.17, 15) is 0 Å². The Morgan fingerprint density at radius 2 is 1.92 bits per heavy atom. The lowest BCUT2D eigenvalue weighted by Gasteiger charge is -2.08. The third-order valence-corrected chi connectivity index (χ3v) is 3.51. The normalized spacial score (nSPS) is 21.1. The van der Waals surface area contributed by atoms with Gasteiger partial charge >= 0.3 is 0 Å². The third kappa shape index (κ3) is 2.16. The van der Waals surface area contributed by atoms with Crippen LogP contribution in [0, 0.1) is 11.3 Å². The van der Waals surface area contributed by atoms with Gasteiger partial charge in [0.15, 0.2) is 10.3 Å². The first-order valence-electron chi connectivity index (χ1n) is 2.54. The molecule has 0 aromatic carbocycles. The van der Waals surface area contributed by atoms with E-state index >= 15 is 0 Å². The molecule has 0 unspecified atom stereocenters. The summed E-state index contributed by atoms with van der Waals surface area (Å²) in [7, 11) is 0. The van der Waals surface area contributed by atoms with Gasteiger partial charge in [-0.15, -0.1) is 0 Å². The molecule has 0 saturated heterocycles. The van der Waals surface area contributed by atoms with Crippen LogP contribution in [-0.4, -0.2) is 5.17 Å². The van der Waals surface area contributed by atoms with Crippen molar-refractivity contribution in [2.45, 2.75) is 0 Å². The summed E-state index contributed by atoms with van der Waals surface area (Å²) in [6, 6.07) is 1.73. The van der Waals surface area contributed by atoms with E-state index in [0.717, 1.165) is 0 Å². The maximum absolute atomic E-state index is 8.51. The molecule has 3 nitrogen and oxygen atoms in total. The molecule has 0 aliphatic carbocycles. The lowest BCUT2D eigenvalue weighted by atomic mass is 10.3. The van der Waals surface area contributed by atoms with Gasteiger partial charge < -0.3 is 0 Å². The summed E-state index contributed by atoms with van der Waals surface area (Å²) in [6.07, 6.45) is 0. The molecule has 64 valence electrons. The predicted molar refractivity (Wildman–Crippen MR) is 52.8 cm³/mol. The van der Waals surface area contributed by atoms with Gasteiger partial charge in [0.2, 0.25) is 0 Å². The van der Waals surface area contributed by atoms with E-state index in [2.05, 4.69) is 9.51 Å². The van der Waals surface area contributed by atoms with Gasteiger partial charge in [0.1, 0.15) is 11.6 Å². The van der Waals surface area contributed by atoms with Gasteiger partial charge in [0, 0.05) is 0 Å². The summed E-state index contributed by atoms with van der Waals surface area (Å²) in [5.41, 5.74) is -0.00439. The van der Waals surface area contributed by atoms with Crippen molar-refractivity contribution in [3.63, 3.8) is 0 Å². The monoisotopic (exact) mass is 261 g/mol. The highest BCUT2D eigenvalue weighted by atomic mass is 35.9. The van der Waals surface area contributed by atoms with Crippen LogP contribution < -0.4 is 0 Å². The fourth-order valence-corrected chi connectivity index (χ4v) is 3.52. The molecule has 12 heavy (non-hydrogen) atoms. The average molecular weight is 263 g/mol. The Bertz CT molecular complexity index is 370. The lowest BCUT2D eigenvalue weighted by Crippen LogP contribution is -1.95. The highest BCUT2D eigenvalue weighted by Gasteiger charge is 2.22. The second-order valence-corrected chi connectivity index (χ2v) is 7.10. The number of hydrogen-bond donors (Lipinski definition) is 0. The Kier molecular flexibility index (Phi) is 3.09. The van der Waals surface area contributed by atoms with Gasteiger partial charge in [-0.05, 0) is 22.5 Å². The molecule has 0 spiro atoms. The minimum Gasteiger partial charge on any atom is -0.203 e. The quantitative estimate of drug-likeness (QED) is 0.480. The zero-order valence-electron chi connectivity index (χ0n) is 5.30. The summed E-state index contributed by atoms with van der Waals surface area (Å²) in [5, 5.41) is 8.34. The maximum atomic E-state index is 8.51. The lowest BCUT2D eigenvalue weighted by molar-refractivity contribution is 1.45. The zero-order valence-corrected chi connectivity index (χ0v) is 9.22. The van der Waals surface area contributed by atoms with Crippen molar-refractivity contribution in [3.05, 3.63) is 10.7 Å². The van der Waals surface area contributed by atoms with E-state index in [4.69, 9.17) is 50.9 Å². The standard InChI is InChI=1S/C4Cl4N3P/c5-3-2(1-9)4(6)11-12(7,8)10-3. The first-order chi connectivity index (χ1) is 5.46. The Morgan fingerprint density at radius 1 is 1.33 bits per heavy atom. The molecule has 0 N–H and O–H groups in total. The van der Waals surface area contributed by atoms with Crippen molar-refractivity contribution >= 4 is 56.8 Å². The van der Waals surface area contributed by atoms with Crippen LogP contribution >= 0.6 is 51.6 Å². The highest BCUT2D eigenvalue weighted by Crippen LogP contribution is 2.64. The highest BCUT2D eigenvalue weighted by molar-refractivity contribution is 8.09. The Labute approximate surface area is 88.3 Å². The SMILES string of the molecule is N#CC1=C(Cl)N=P(Cl)(Cl)N=C1Cl. The van der Waals surface area contributed by atoms with Crippen LogP contribution in [0.5, 0.6) is 0 Å². The number of rotatable bonds is 0. The molecule has 0 saturated carbocycles. The number of hydrogen-bond acceptors (Lipinski definition) is 3. The Morgan fingerprint density at radius 3 is 2.33 bits per heavy atom. The molecular formula is C4Cl4N3P. The van der Waals surface area contributed by atoms with Gasteiger partial charge in [-0.3, -0.25) is 0 Å². The number of halogens is 4. The van der Waals surface area contributed by atoms with Crippen molar-refractivity contribution in [3.8, 4) is 6.07 Å². The number of nitrogens with zero attached hydrogens (tertiary/aromatic N) is 3. The number of nitriles is 1. The molecule has 1 aliphatic rings. The second kappa shape index (κ2) is 3.57. The van der Waals surface area contributed by atoms with Gasteiger partial charge in [0.25, 0.3) is 5.91 Å². The van der Waals surface area contributed by atoms with E-state index in [0.29, 0.717) is 0 Å². The molecule has 0 amide bonds. The molecule has 8 heteroatoms. The van der Waals surface area contributed by atoms with E-state index < -0.39 is 5.91 Å². The maximum Gasteiger partial charge on any atom is 0.255 e. The molecule has 1 aliphatic heterocycles. The van der Waals surface area contributed by atoms with Crippen LogP contribution in [0.1, 0.15) is 0 Å². The van der Waals surface area contributed by atoms with E-state index in [1.807, 2.05) is 0 Å². The van der Waals surface area contributed by atoms with Gasteiger partial charge in [0.05, 0.1) is 0 Å². The van der Waals surface area contributed by atoms with Crippen molar-refractivity contribution in [2.24, 2.45) is 9.51 Å². The first kappa shape index (κ1) is 10.4. The fraction of sp³-hybridized carbons (Fsp3) is 0. The summed E-state index contributed by atoms with van der Waals surface area (Å²) in [6.45, 7) is 0. The molecule has 0 bridgehead atoms. The van der Waals surface area contributed by atoms with E-state index in [1.54, 1.807) is 6.07 Å². The molecule has 0 fully saturated rings. The van der Waals surface area contributed by atoms with Crippen LogP contribution in [0.4, 0.5) is 0 Å². The van der Waals surface area contributed by atoms with Crippen LogP contribution in [0.25, 0.3) is 0 Å². The van der Waals surface area contributed by atoms with Crippen LogP contribution in [0.2, 0.25) is 0 Å². The summed E-state index contributed by atoms with van der Waals surface area (Å²) < 4.78 is 7.22. The minimum absolute atomic E-state index is 0.00439. The van der Waals surface area contributed by atoms with Gasteiger partial charge in [-0.2, -0.15) is 5.26 Å². The summed E-state index contributed by atoms with van der Waals surface area (Å²) in [5.74, 6) is -2.81. The topological polar surface area (TPSA) is 48.5 Å². The molecule has 1 rings (SSSR count). The molecule has 0 aromatic rings. The molecule has 0 aromatic heterocycles. The fourth-order valence-electron chi connectivity index (χ4n) is 0.511. The van der Waals surface area contributed by atoms with E-state index in [-0.39, 0.29) is 15.9 Å². The molecule has 0 atom stereocenters. The van der Waals surface area contributed by atoms with Crippen LogP contribution in [0.15, 0.2) is 20.2 Å². The van der Waals surface area contributed by atoms with Crippen LogP contribution in [0.3, 0.4) is 0 Å². The Balaban J connectivity index is 3.36. The second-order valence-electron chi connectivity index (χ2n) is 1.72. The minimum atomic E-state index is -2.81. The zero-order chi connectivity index (χ0) is 9.35. The van der Waals surface area contributed by atoms with Crippen molar-refractivity contribution in [2.75, 3.05) is 0 Å². The van der Waals surface area contributed by atoms with Gasteiger partial charge in [-0.25, -0.2) is 9.51 Å². The van der Waals surface area contributed by atoms with Crippen molar-refractivity contribution in [1.29, 1.82) is 5.26 Å². The van der Waals surface area contributed by atoms with Crippen molar-refractivity contribution < 1.29 is 0 Å². The Hall–Kier alpha value is 0.290. The number of allylic oxidation sites excluding steroid dienone is 1. The van der Waals surface area contributed by atoms with E-state index in [1.165, 1.54) is 0 Å². The summed E-state index contributed by atoms with van der Waals surface area (Å²) in [4.78, 5) is 0. The summed E-state index contributed by atoms with van der Waals surface area (Å²) >= 11 is 22.3. The molecule has 1 heterocycles. The third-order valence-electron chi connectivity index (χ3n) is 0.941. The first-order valence-corrected chi connectivity index (χ1v) is 6.80. The molecular weight excluding hydrogens is 263 g/mol. The average Bonchev–Trinajstić information content (AvgIpc) is 1.82. The van der Waals surface area contributed by atoms with Crippen molar-refractivity contribution in [1.82, 2.24) is 0 Å². The molecule has 0 radical (unpaired) electrons. The predicted octanol–water partition coefficient (Wildman–Crippen LogP) is 4.04. The van der Waals surface area contributed by atoms with Gasteiger partial charge in [-0.1, -0.05) is 23.2 Å². The van der Waals surface area contributed by atoms with Crippen LogP contribution in [-0.2, 0) is 0 Å².